The van der Waals surface area contributed by atoms with Crippen LogP contribution in [0.25, 0.3) is 0 Å². The molecule has 12 heteroatoms. The molecule has 1 fully saturated rings. The smallest absolute Gasteiger partial charge is 0.325 e. The molecule has 1 atom stereocenters. The second kappa shape index (κ2) is 9.08. The standard InChI is InChI=1S/C21H21F4N3O4S/c1-13-9-16(22)19(26-10-13)28-12-18(29)27(17(20(28)30)7-8-33(2,31)32)11-14-3-5-15(6-4-14)21(23,24)25/h3-6,9-10,17H,7-8,11-12H2,1-2H3. The Bertz CT molecular complexity index is 1170. The predicted molar refractivity (Wildman–Crippen MR) is 111 cm³/mol. The van der Waals surface area contributed by atoms with Crippen LogP contribution in [0.5, 0.6) is 0 Å². The van der Waals surface area contributed by atoms with Gasteiger partial charge < -0.3 is 4.90 Å². The maximum atomic E-state index is 14.4. The summed E-state index contributed by atoms with van der Waals surface area (Å²) in [5, 5.41) is 0. The maximum absolute atomic E-state index is 14.4. The van der Waals surface area contributed by atoms with Crippen molar-refractivity contribution in [1.29, 1.82) is 0 Å². The summed E-state index contributed by atoms with van der Waals surface area (Å²) >= 11 is 0. The molecule has 0 bridgehead atoms. The Morgan fingerprint density at radius 3 is 2.33 bits per heavy atom. The fraction of sp³-hybridized carbons (Fsp3) is 0.381. The number of amides is 2. The van der Waals surface area contributed by atoms with Gasteiger partial charge in [-0.25, -0.2) is 17.8 Å². The van der Waals surface area contributed by atoms with E-state index in [9.17, 15) is 35.6 Å². The van der Waals surface area contributed by atoms with Crippen molar-refractivity contribution in [2.75, 3.05) is 23.5 Å². The van der Waals surface area contributed by atoms with Crippen LogP contribution in [-0.4, -0.2) is 54.7 Å². The third-order valence-corrected chi connectivity index (χ3v) is 6.13. The van der Waals surface area contributed by atoms with Crippen LogP contribution in [0.2, 0.25) is 0 Å². The van der Waals surface area contributed by atoms with Gasteiger partial charge in [0.2, 0.25) is 5.91 Å². The first kappa shape index (κ1) is 24.6. The van der Waals surface area contributed by atoms with E-state index in [-0.39, 0.29) is 18.8 Å². The van der Waals surface area contributed by atoms with Crippen molar-refractivity contribution >= 4 is 27.5 Å². The van der Waals surface area contributed by atoms with Gasteiger partial charge in [-0.1, -0.05) is 12.1 Å². The fourth-order valence-corrected chi connectivity index (χ4v) is 4.15. The van der Waals surface area contributed by atoms with Crippen LogP contribution in [-0.2, 0) is 32.1 Å². The number of sulfone groups is 1. The average Bonchev–Trinajstić information content (AvgIpc) is 2.69. The largest absolute Gasteiger partial charge is 0.416 e. The van der Waals surface area contributed by atoms with Crippen molar-refractivity contribution in [1.82, 2.24) is 9.88 Å². The van der Waals surface area contributed by atoms with E-state index >= 15 is 0 Å². The van der Waals surface area contributed by atoms with Gasteiger partial charge in [0.05, 0.1) is 11.3 Å². The van der Waals surface area contributed by atoms with E-state index in [1.54, 1.807) is 6.92 Å². The number of benzene rings is 1. The summed E-state index contributed by atoms with van der Waals surface area (Å²) in [6, 6.07) is 3.97. The van der Waals surface area contributed by atoms with Crippen LogP contribution in [0, 0.1) is 12.7 Å². The number of halogens is 4. The van der Waals surface area contributed by atoms with E-state index in [4.69, 9.17) is 0 Å². The van der Waals surface area contributed by atoms with Gasteiger partial charge in [-0.2, -0.15) is 13.2 Å². The fourth-order valence-electron chi connectivity index (χ4n) is 3.49. The normalized spacial score (nSPS) is 17.6. The number of carbonyl (C=O) groups excluding carboxylic acids is 2. The molecular weight excluding hydrogens is 466 g/mol. The minimum Gasteiger partial charge on any atom is -0.325 e. The zero-order chi connectivity index (χ0) is 24.6. The van der Waals surface area contributed by atoms with Crippen molar-refractivity contribution in [3.05, 3.63) is 59.0 Å². The molecular formula is C21H21F4N3O4S. The van der Waals surface area contributed by atoms with E-state index in [1.165, 1.54) is 18.3 Å². The minimum atomic E-state index is -4.53. The molecule has 1 unspecified atom stereocenters. The number of aryl methyl sites for hydroxylation is 1. The van der Waals surface area contributed by atoms with Crippen LogP contribution in [0.15, 0.2) is 36.5 Å². The van der Waals surface area contributed by atoms with E-state index in [0.29, 0.717) is 11.1 Å². The van der Waals surface area contributed by atoms with E-state index in [1.807, 2.05) is 0 Å². The number of carbonyl (C=O) groups is 2. The lowest BCUT2D eigenvalue weighted by Crippen LogP contribution is -2.60. The molecule has 3 rings (SSSR count). The molecule has 0 aliphatic carbocycles. The first-order valence-electron chi connectivity index (χ1n) is 9.83. The summed E-state index contributed by atoms with van der Waals surface area (Å²) in [5.74, 6) is -2.92. The topological polar surface area (TPSA) is 87.7 Å². The second-order valence-electron chi connectivity index (χ2n) is 7.89. The number of hydrogen-bond donors (Lipinski definition) is 0. The Kier molecular flexibility index (Phi) is 6.78. The van der Waals surface area contributed by atoms with Crippen LogP contribution >= 0.6 is 0 Å². The second-order valence-corrected chi connectivity index (χ2v) is 10.2. The van der Waals surface area contributed by atoms with Crippen molar-refractivity contribution in [2.45, 2.75) is 32.1 Å². The van der Waals surface area contributed by atoms with Gasteiger partial charge >= 0.3 is 6.18 Å². The third kappa shape index (κ3) is 5.86. The number of rotatable bonds is 6. The summed E-state index contributed by atoms with van der Waals surface area (Å²) < 4.78 is 76.3. The van der Waals surface area contributed by atoms with Crippen molar-refractivity contribution in [2.24, 2.45) is 0 Å². The van der Waals surface area contributed by atoms with Gasteiger partial charge in [-0.05, 0) is 42.7 Å². The summed E-state index contributed by atoms with van der Waals surface area (Å²) in [7, 11) is -3.50. The number of anilines is 1. The van der Waals surface area contributed by atoms with Crippen molar-refractivity contribution in [3.63, 3.8) is 0 Å². The van der Waals surface area contributed by atoms with Gasteiger partial charge in [0, 0.05) is 19.0 Å². The summed E-state index contributed by atoms with van der Waals surface area (Å²) in [5.41, 5.74) is -0.0424. The SMILES string of the molecule is Cc1cnc(N2CC(=O)N(Cc3ccc(C(F)(F)F)cc3)C(CCS(C)(=O)=O)C2=O)c(F)c1. The third-order valence-electron chi connectivity index (χ3n) is 5.15. The first-order chi connectivity index (χ1) is 15.3. The monoisotopic (exact) mass is 487 g/mol. The molecule has 1 saturated heterocycles. The molecule has 2 aromatic rings. The Balaban J connectivity index is 1.92. The Labute approximate surface area is 187 Å². The average molecular weight is 487 g/mol. The Morgan fingerprint density at radius 1 is 1.15 bits per heavy atom. The van der Waals surface area contributed by atoms with Crippen molar-refractivity contribution < 1.29 is 35.6 Å². The van der Waals surface area contributed by atoms with Gasteiger partial charge in [-0.3, -0.25) is 14.5 Å². The number of hydrogen-bond acceptors (Lipinski definition) is 5. The molecule has 1 aromatic carbocycles. The molecule has 178 valence electrons. The quantitative estimate of drug-likeness (QED) is 0.585. The highest BCUT2D eigenvalue weighted by molar-refractivity contribution is 7.90. The zero-order valence-electron chi connectivity index (χ0n) is 17.8. The van der Waals surface area contributed by atoms with Gasteiger partial charge in [0.1, 0.15) is 22.4 Å². The van der Waals surface area contributed by atoms with Gasteiger partial charge in [0.25, 0.3) is 5.91 Å². The lowest BCUT2D eigenvalue weighted by molar-refractivity contribution is -0.144. The number of aromatic nitrogens is 1. The van der Waals surface area contributed by atoms with Crippen LogP contribution in [0.1, 0.15) is 23.1 Å². The number of nitrogens with zero attached hydrogens (tertiary/aromatic N) is 3. The minimum absolute atomic E-state index is 0.214. The van der Waals surface area contributed by atoms with Crippen LogP contribution in [0.3, 0.4) is 0 Å². The molecule has 1 aromatic heterocycles. The number of pyridine rings is 1. The zero-order valence-corrected chi connectivity index (χ0v) is 18.6. The maximum Gasteiger partial charge on any atom is 0.416 e. The van der Waals surface area contributed by atoms with E-state index in [2.05, 4.69) is 4.98 Å². The van der Waals surface area contributed by atoms with Gasteiger partial charge in [0.15, 0.2) is 11.6 Å². The molecule has 0 N–H and O–H groups in total. The Hall–Kier alpha value is -3.02. The Morgan fingerprint density at radius 2 is 1.79 bits per heavy atom. The molecule has 1 aliphatic heterocycles. The summed E-state index contributed by atoms with van der Waals surface area (Å²) in [6.07, 6.45) is -2.48. The highest BCUT2D eigenvalue weighted by Gasteiger charge is 2.41. The molecule has 1 aliphatic rings. The lowest BCUT2D eigenvalue weighted by Gasteiger charge is -2.40. The predicted octanol–water partition coefficient (Wildman–Crippen LogP) is 2.73. The summed E-state index contributed by atoms with van der Waals surface area (Å²) in [4.78, 5) is 32.0. The number of alkyl halides is 3. The van der Waals surface area contributed by atoms with E-state index < -0.39 is 57.5 Å². The molecule has 0 radical (unpaired) electrons. The molecule has 2 heterocycles. The van der Waals surface area contributed by atoms with Crippen molar-refractivity contribution in [3.8, 4) is 0 Å². The molecule has 2 amide bonds. The first-order valence-corrected chi connectivity index (χ1v) is 11.9. The molecule has 33 heavy (non-hydrogen) atoms. The van der Waals surface area contributed by atoms with Crippen LogP contribution < -0.4 is 4.90 Å². The molecule has 0 spiro atoms. The van der Waals surface area contributed by atoms with Gasteiger partial charge in [-0.15, -0.1) is 0 Å². The highest BCUT2D eigenvalue weighted by Crippen LogP contribution is 2.30. The highest BCUT2D eigenvalue weighted by atomic mass is 32.2. The number of piperazine rings is 1. The molecule has 7 nitrogen and oxygen atoms in total. The van der Waals surface area contributed by atoms with E-state index in [0.717, 1.165) is 34.3 Å². The summed E-state index contributed by atoms with van der Waals surface area (Å²) in [6.45, 7) is 0.848. The van der Waals surface area contributed by atoms with Crippen LogP contribution in [0.4, 0.5) is 23.4 Å². The lowest BCUT2D eigenvalue weighted by atomic mass is 10.0. The molecule has 0 saturated carbocycles.